The highest BCUT2D eigenvalue weighted by atomic mass is 16.5. The zero-order valence-corrected chi connectivity index (χ0v) is 23.1. The number of ether oxygens (including phenoxy) is 4. The molecule has 218 valence electrons. The topological polar surface area (TPSA) is 163 Å². The summed E-state index contributed by atoms with van der Waals surface area (Å²) in [6.07, 6.45) is 2.96. The SMILES string of the molecule is CCOC(=O)CC[C@H](NC(=O)CCCCCCC(=O)N[C@H](CCC(=O)OCC)C(=O)OCC)C(=O)OCC. The van der Waals surface area contributed by atoms with Crippen LogP contribution < -0.4 is 10.6 Å². The average molecular weight is 545 g/mol. The first-order valence-corrected chi connectivity index (χ1v) is 13.4. The second kappa shape index (κ2) is 21.9. The number of hydrogen-bond acceptors (Lipinski definition) is 10. The molecule has 0 spiro atoms. The van der Waals surface area contributed by atoms with E-state index >= 15 is 0 Å². The Kier molecular flexibility index (Phi) is 20.0. The van der Waals surface area contributed by atoms with Crippen molar-refractivity contribution < 1.29 is 47.7 Å². The van der Waals surface area contributed by atoms with Gasteiger partial charge in [-0.25, -0.2) is 9.59 Å². The molecule has 12 nitrogen and oxygen atoms in total. The minimum absolute atomic E-state index is 0.0144. The van der Waals surface area contributed by atoms with Crippen LogP contribution in [0.25, 0.3) is 0 Å². The Morgan fingerprint density at radius 3 is 1.16 bits per heavy atom. The van der Waals surface area contributed by atoms with Crippen LogP contribution in [0.15, 0.2) is 0 Å². The van der Waals surface area contributed by atoms with E-state index in [9.17, 15) is 28.8 Å². The number of esters is 4. The van der Waals surface area contributed by atoms with Crippen molar-refractivity contribution in [3.05, 3.63) is 0 Å². The Morgan fingerprint density at radius 1 is 0.500 bits per heavy atom. The molecule has 0 rings (SSSR count). The summed E-state index contributed by atoms with van der Waals surface area (Å²) in [6.45, 7) is 7.46. The number of nitrogens with one attached hydrogen (secondary N) is 2. The Bertz CT molecular complexity index is 694. The molecule has 0 aliphatic heterocycles. The number of unbranched alkanes of at least 4 members (excludes halogenated alkanes) is 3. The molecular weight excluding hydrogens is 500 g/mol. The molecule has 0 heterocycles. The van der Waals surface area contributed by atoms with Gasteiger partial charge in [0.2, 0.25) is 11.8 Å². The number of carbonyl (C=O) groups is 6. The number of hydrogen-bond donors (Lipinski definition) is 2. The smallest absolute Gasteiger partial charge is 0.328 e. The molecule has 0 radical (unpaired) electrons. The van der Waals surface area contributed by atoms with E-state index in [4.69, 9.17) is 18.9 Å². The zero-order chi connectivity index (χ0) is 28.8. The molecule has 2 atom stereocenters. The van der Waals surface area contributed by atoms with Crippen LogP contribution in [0, 0.1) is 0 Å². The lowest BCUT2D eigenvalue weighted by Crippen LogP contribution is -2.42. The Morgan fingerprint density at radius 2 is 0.842 bits per heavy atom. The van der Waals surface area contributed by atoms with Crippen molar-refractivity contribution in [3.63, 3.8) is 0 Å². The molecule has 0 bridgehead atoms. The monoisotopic (exact) mass is 544 g/mol. The second-order valence-electron chi connectivity index (χ2n) is 8.35. The van der Waals surface area contributed by atoms with Crippen molar-refractivity contribution in [1.29, 1.82) is 0 Å². The van der Waals surface area contributed by atoms with Gasteiger partial charge < -0.3 is 29.6 Å². The first-order valence-electron chi connectivity index (χ1n) is 13.4. The fourth-order valence-corrected chi connectivity index (χ4v) is 3.43. The third-order valence-electron chi connectivity index (χ3n) is 5.26. The van der Waals surface area contributed by atoms with Crippen molar-refractivity contribution in [2.24, 2.45) is 0 Å². The molecular formula is C26H44N2O10. The first-order chi connectivity index (χ1) is 18.2. The van der Waals surface area contributed by atoms with Gasteiger partial charge >= 0.3 is 23.9 Å². The van der Waals surface area contributed by atoms with Gasteiger partial charge in [-0.15, -0.1) is 0 Å². The zero-order valence-electron chi connectivity index (χ0n) is 23.1. The van der Waals surface area contributed by atoms with Crippen molar-refractivity contribution in [2.45, 2.75) is 104 Å². The maximum Gasteiger partial charge on any atom is 0.328 e. The van der Waals surface area contributed by atoms with E-state index in [-0.39, 0.29) is 76.8 Å². The molecule has 2 amide bonds. The van der Waals surface area contributed by atoms with Crippen LogP contribution in [0.4, 0.5) is 0 Å². The average Bonchev–Trinajstić information content (AvgIpc) is 2.86. The predicted molar refractivity (Wildman–Crippen MR) is 137 cm³/mol. The molecule has 0 saturated heterocycles. The predicted octanol–water partition coefficient (Wildman–Crippen LogP) is 2.11. The van der Waals surface area contributed by atoms with Crippen LogP contribution in [-0.4, -0.2) is 74.2 Å². The summed E-state index contributed by atoms with van der Waals surface area (Å²) >= 11 is 0. The quantitative estimate of drug-likeness (QED) is 0.124. The molecule has 0 aromatic carbocycles. The molecule has 2 N–H and O–H groups in total. The van der Waals surface area contributed by atoms with E-state index < -0.39 is 36.0 Å². The highest BCUT2D eigenvalue weighted by molar-refractivity contribution is 5.85. The van der Waals surface area contributed by atoms with Crippen molar-refractivity contribution >= 4 is 35.7 Å². The standard InChI is InChI=1S/C26H44N2O10/c1-5-35-23(31)17-15-19(25(33)37-7-3)27-21(29)13-11-9-10-12-14-22(30)28-20(26(34)38-8-4)16-18-24(32)36-6-2/h19-20H,5-18H2,1-4H3,(H,27,29)(H,28,30)/t19-,20+. The van der Waals surface area contributed by atoms with Gasteiger partial charge in [0.1, 0.15) is 12.1 Å². The van der Waals surface area contributed by atoms with Crippen LogP contribution >= 0.6 is 0 Å². The van der Waals surface area contributed by atoms with Gasteiger partial charge in [-0.05, 0) is 53.4 Å². The molecule has 0 saturated carbocycles. The summed E-state index contributed by atoms with van der Waals surface area (Å²) in [6, 6.07) is -1.85. The summed E-state index contributed by atoms with van der Waals surface area (Å²) in [5.41, 5.74) is 0. The van der Waals surface area contributed by atoms with E-state index in [1.54, 1.807) is 27.7 Å². The third-order valence-corrected chi connectivity index (χ3v) is 5.26. The maximum absolute atomic E-state index is 12.3. The van der Waals surface area contributed by atoms with Crippen molar-refractivity contribution in [3.8, 4) is 0 Å². The van der Waals surface area contributed by atoms with Gasteiger partial charge in [0.05, 0.1) is 26.4 Å². The molecule has 0 aliphatic carbocycles. The normalized spacial score (nSPS) is 12.0. The lowest BCUT2D eigenvalue weighted by molar-refractivity contribution is -0.149. The van der Waals surface area contributed by atoms with E-state index in [1.165, 1.54) is 0 Å². The minimum Gasteiger partial charge on any atom is -0.466 e. The van der Waals surface area contributed by atoms with Crippen LogP contribution in [-0.2, 0) is 47.7 Å². The van der Waals surface area contributed by atoms with Gasteiger partial charge in [-0.3, -0.25) is 19.2 Å². The summed E-state index contributed by atoms with van der Waals surface area (Å²) in [5, 5.41) is 5.23. The Hall–Kier alpha value is -3.18. The summed E-state index contributed by atoms with van der Waals surface area (Å²) in [4.78, 5) is 72.0. The number of amides is 2. The van der Waals surface area contributed by atoms with Gasteiger partial charge in [-0.1, -0.05) is 12.8 Å². The highest BCUT2D eigenvalue weighted by Gasteiger charge is 2.24. The van der Waals surface area contributed by atoms with Gasteiger partial charge in [0.25, 0.3) is 0 Å². The minimum atomic E-state index is -0.924. The second-order valence-corrected chi connectivity index (χ2v) is 8.35. The van der Waals surface area contributed by atoms with E-state index in [0.29, 0.717) is 25.7 Å². The van der Waals surface area contributed by atoms with Crippen molar-refractivity contribution in [2.75, 3.05) is 26.4 Å². The van der Waals surface area contributed by atoms with E-state index in [0.717, 1.165) is 0 Å². The summed E-state index contributed by atoms with van der Waals surface area (Å²) in [7, 11) is 0. The summed E-state index contributed by atoms with van der Waals surface area (Å²) in [5.74, 6) is -2.76. The van der Waals surface area contributed by atoms with Crippen LogP contribution in [0.5, 0.6) is 0 Å². The Balaban J connectivity index is 4.40. The number of rotatable bonds is 21. The molecule has 12 heteroatoms. The van der Waals surface area contributed by atoms with Crippen LogP contribution in [0.3, 0.4) is 0 Å². The third kappa shape index (κ3) is 17.3. The van der Waals surface area contributed by atoms with Crippen LogP contribution in [0.2, 0.25) is 0 Å². The fourth-order valence-electron chi connectivity index (χ4n) is 3.43. The van der Waals surface area contributed by atoms with Gasteiger partial charge in [-0.2, -0.15) is 0 Å². The molecule has 0 unspecified atom stereocenters. The lowest BCUT2D eigenvalue weighted by atomic mass is 10.1. The van der Waals surface area contributed by atoms with E-state index in [1.807, 2.05) is 0 Å². The fraction of sp³-hybridized carbons (Fsp3) is 0.769. The molecule has 0 aromatic heterocycles. The van der Waals surface area contributed by atoms with E-state index in [2.05, 4.69) is 10.6 Å². The largest absolute Gasteiger partial charge is 0.466 e. The van der Waals surface area contributed by atoms with Crippen LogP contribution in [0.1, 0.15) is 91.9 Å². The summed E-state index contributed by atoms with van der Waals surface area (Å²) < 4.78 is 19.7. The molecule has 38 heavy (non-hydrogen) atoms. The van der Waals surface area contributed by atoms with Gasteiger partial charge in [0, 0.05) is 25.7 Å². The molecule has 0 fully saturated rings. The Labute approximate surface area is 224 Å². The maximum atomic E-state index is 12.3. The van der Waals surface area contributed by atoms with Crippen molar-refractivity contribution in [1.82, 2.24) is 10.6 Å². The van der Waals surface area contributed by atoms with Gasteiger partial charge in [0.15, 0.2) is 0 Å². The molecule has 0 aromatic rings. The lowest BCUT2D eigenvalue weighted by Gasteiger charge is -2.17. The molecule has 0 aliphatic rings. The highest BCUT2D eigenvalue weighted by Crippen LogP contribution is 2.09. The first kappa shape index (κ1) is 34.8. The number of carbonyl (C=O) groups excluding carboxylic acids is 6.